The summed E-state index contributed by atoms with van der Waals surface area (Å²) >= 11 is 0. The number of aliphatic hydroxyl groups excluding tert-OH is 1. The van der Waals surface area contributed by atoms with Crippen LogP contribution in [0.15, 0.2) is 42.5 Å². The van der Waals surface area contributed by atoms with Crippen molar-refractivity contribution in [3.05, 3.63) is 64.7 Å². The Morgan fingerprint density at radius 1 is 1.00 bits per heavy atom. The fourth-order valence-electron chi connectivity index (χ4n) is 2.33. The summed E-state index contributed by atoms with van der Waals surface area (Å²) in [5, 5.41) is 13.2. The fraction of sp³-hybridized carbons (Fsp3) is 0.294. The van der Waals surface area contributed by atoms with Crippen molar-refractivity contribution < 1.29 is 5.11 Å². The molecule has 0 aliphatic heterocycles. The van der Waals surface area contributed by atoms with E-state index in [2.05, 4.69) is 37.4 Å². The van der Waals surface area contributed by atoms with Gasteiger partial charge in [-0.05, 0) is 43.5 Å². The molecule has 2 aromatic carbocycles. The third-order valence-corrected chi connectivity index (χ3v) is 3.51. The van der Waals surface area contributed by atoms with Gasteiger partial charge in [0.2, 0.25) is 0 Å². The van der Waals surface area contributed by atoms with Gasteiger partial charge in [0.1, 0.15) is 0 Å². The zero-order chi connectivity index (χ0) is 13.8. The molecular weight excluding hydrogens is 234 g/mol. The van der Waals surface area contributed by atoms with Crippen LogP contribution < -0.4 is 5.32 Å². The quantitative estimate of drug-likeness (QED) is 0.866. The van der Waals surface area contributed by atoms with Gasteiger partial charge < -0.3 is 10.4 Å². The van der Waals surface area contributed by atoms with Gasteiger partial charge in [-0.15, -0.1) is 0 Å². The molecule has 0 amide bonds. The van der Waals surface area contributed by atoms with Crippen LogP contribution in [0.3, 0.4) is 0 Å². The Hall–Kier alpha value is -1.80. The molecule has 0 saturated carbocycles. The highest BCUT2D eigenvalue weighted by Crippen LogP contribution is 2.23. The molecule has 0 radical (unpaired) electrons. The third kappa shape index (κ3) is 3.15. The van der Waals surface area contributed by atoms with E-state index in [-0.39, 0.29) is 0 Å². The largest absolute Gasteiger partial charge is 0.389 e. The second-order valence-corrected chi connectivity index (χ2v) is 4.99. The van der Waals surface area contributed by atoms with Crippen molar-refractivity contribution in [3.8, 4) is 0 Å². The molecule has 19 heavy (non-hydrogen) atoms. The molecule has 0 aliphatic carbocycles. The van der Waals surface area contributed by atoms with Crippen LogP contribution in [0.25, 0.3) is 0 Å². The summed E-state index contributed by atoms with van der Waals surface area (Å²) < 4.78 is 0. The van der Waals surface area contributed by atoms with Crippen molar-refractivity contribution in [1.82, 2.24) is 0 Å². The minimum Gasteiger partial charge on any atom is -0.389 e. The van der Waals surface area contributed by atoms with E-state index in [0.717, 1.165) is 17.8 Å². The number of nitrogens with one attached hydrogen (secondary N) is 1. The Balaban J connectivity index is 2.19. The molecule has 2 heteroatoms. The molecule has 0 aliphatic rings. The predicted molar refractivity (Wildman–Crippen MR) is 80.3 cm³/mol. The topological polar surface area (TPSA) is 32.3 Å². The summed E-state index contributed by atoms with van der Waals surface area (Å²) in [7, 11) is 0. The van der Waals surface area contributed by atoms with E-state index in [4.69, 9.17) is 0 Å². The molecular formula is C17H21NO. The fourth-order valence-corrected chi connectivity index (χ4v) is 2.33. The number of benzene rings is 2. The van der Waals surface area contributed by atoms with Gasteiger partial charge in [0.05, 0.1) is 6.10 Å². The van der Waals surface area contributed by atoms with Gasteiger partial charge in [0.15, 0.2) is 0 Å². The van der Waals surface area contributed by atoms with Crippen molar-refractivity contribution in [2.24, 2.45) is 0 Å². The van der Waals surface area contributed by atoms with Gasteiger partial charge in [-0.3, -0.25) is 0 Å². The Kier molecular flexibility index (Phi) is 4.23. The molecule has 1 unspecified atom stereocenters. The molecule has 2 rings (SSSR count). The van der Waals surface area contributed by atoms with Gasteiger partial charge in [-0.25, -0.2) is 0 Å². The zero-order valence-corrected chi connectivity index (χ0v) is 11.8. The maximum Gasteiger partial charge on any atom is 0.0781 e. The van der Waals surface area contributed by atoms with Crippen molar-refractivity contribution in [3.63, 3.8) is 0 Å². The van der Waals surface area contributed by atoms with Crippen LogP contribution in [0.2, 0.25) is 0 Å². The van der Waals surface area contributed by atoms with E-state index < -0.39 is 6.10 Å². The molecule has 0 spiro atoms. The van der Waals surface area contributed by atoms with Gasteiger partial charge >= 0.3 is 0 Å². The van der Waals surface area contributed by atoms with E-state index in [1.807, 2.05) is 24.3 Å². The Bertz CT molecular complexity index is 541. The summed E-state index contributed by atoms with van der Waals surface area (Å²) in [6.07, 6.45) is -0.457. The summed E-state index contributed by atoms with van der Waals surface area (Å²) in [5.41, 5.74) is 5.85. The molecule has 0 heterocycles. The van der Waals surface area contributed by atoms with Crippen molar-refractivity contribution in [2.75, 3.05) is 5.32 Å². The molecule has 1 atom stereocenters. The first-order chi connectivity index (χ1) is 9.09. The first-order valence-electron chi connectivity index (χ1n) is 6.65. The standard InChI is InChI=1S/C17H21NO/c1-12-7-6-8-13(2)16(12)11-18-17-10-5-4-9-15(17)14(3)19/h4-10,14,18-19H,11H2,1-3H3. The van der Waals surface area contributed by atoms with Crippen LogP contribution in [-0.2, 0) is 6.54 Å². The van der Waals surface area contributed by atoms with E-state index in [1.165, 1.54) is 16.7 Å². The smallest absolute Gasteiger partial charge is 0.0781 e. The molecule has 2 nitrogen and oxygen atoms in total. The van der Waals surface area contributed by atoms with Gasteiger partial charge in [-0.2, -0.15) is 0 Å². The monoisotopic (exact) mass is 255 g/mol. The summed E-state index contributed by atoms with van der Waals surface area (Å²) in [4.78, 5) is 0. The number of hydrogen-bond donors (Lipinski definition) is 2. The molecule has 100 valence electrons. The number of rotatable bonds is 4. The highest BCUT2D eigenvalue weighted by atomic mass is 16.3. The molecule has 2 aromatic rings. The lowest BCUT2D eigenvalue weighted by Gasteiger charge is -2.16. The SMILES string of the molecule is Cc1cccc(C)c1CNc1ccccc1C(C)O. The van der Waals surface area contributed by atoms with Crippen molar-refractivity contribution in [1.29, 1.82) is 0 Å². The van der Waals surface area contributed by atoms with E-state index in [9.17, 15) is 5.11 Å². The number of hydrogen-bond acceptors (Lipinski definition) is 2. The normalized spacial score (nSPS) is 12.2. The van der Waals surface area contributed by atoms with Crippen LogP contribution in [0.4, 0.5) is 5.69 Å². The molecule has 0 saturated heterocycles. The second kappa shape index (κ2) is 5.89. The Morgan fingerprint density at radius 2 is 1.63 bits per heavy atom. The lowest BCUT2D eigenvalue weighted by molar-refractivity contribution is 0.200. The van der Waals surface area contributed by atoms with Gasteiger partial charge in [-0.1, -0.05) is 36.4 Å². The predicted octanol–water partition coefficient (Wildman–Crippen LogP) is 3.97. The third-order valence-electron chi connectivity index (χ3n) is 3.51. The summed E-state index contributed by atoms with van der Waals surface area (Å²) in [6.45, 7) is 6.83. The van der Waals surface area contributed by atoms with Crippen LogP contribution >= 0.6 is 0 Å². The minimum atomic E-state index is -0.457. The van der Waals surface area contributed by atoms with Crippen molar-refractivity contribution >= 4 is 5.69 Å². The first kappa shape index (κ1) is 13.6. The number of aliphatic hydroxyl groups is 1. The number of para-hydroxylation sites is 1. The number of aryl methyl sites for hydroxylation is 2. The summed E-state index contributed by atoms with van der Waals surface area (Å²) in [6, 6.07) is 14.2. The molecule has 2 N–H and O–H groups in total. The highest BCUT2D eigenvalue weighted by molar-refractivity contribution is 5.53. The molecule has 0 fully saturated rings. The number of anilines is 1. The Morgan fingerprint density at radius 3 is 2.26 bits per heavy atom. The Labute approximate surface area is 115 Å². The van der Waals surface area contributed by atoms with Gasteiger partial charge in [0.25, 0.3) is 0 Å². The van der Waals surface area contributed by atoms with E-state index in [1.54, 1.807) is 6.92 Å². The summed E-state index contributed by atoms with van der Waals surface area (Å²) in [5.74, 6) is 0. The van der Waals surface area contributed by atoms with Gasteiger partial charge in [0, 0.05) is 17.8 Å². The average Bonchev–Trinajstić information content (AvgIpc) is 2.38. The van der Waals surface area contributed by atoms with Crippen LogP contribution in [0.5, 0.6) is 0 Å². The lowest BCUT2D eigenvalue weighted by Crippen LogP contribution is -2.06. The zero-order valence-electron chi connectivity index (χ0n) is 11.8. The highest BCUT2D eigenvalue weighted by Gasteiger charge is 2.08. The maximum absolute atomic E-state index is 9.77. The minimum absolute atomic E-state index is 0.457. The average molecular weight is 255 g/mol. The van der Waals surface area contributed by atoms with Crippen LogP contribution in [0, 0.1) is 13.8 Å². The van der Waals surface area contributed by atoms with E-state index >= 15 is 0 Å². The molecule has 0 aromatic heterocycles. The van der Waals surface area contributed by atoms with E-state index in [0.29, 0.717) is 0 Å². The maximum atomic E-state index is 9.77. The van der Waals surface area contributed by atoms with Crippen LogP contribution in [0.1, 0.15) is 35.3 Å². The first-order valence-corrected chi connectivity index (χ1v) is 6.65. The molecule has 0 bridgehead atoms. The second-order valence-electron chi connectivity index (χ2n) is 4.99. The van der Waals surface area contributed by atoms with Crippen LogP contribution in [-0.4, -0.2) is 5.11 Å². The van der Waals surface area contributed by atoms with Crippen molar-refractivity contribution in [2.45, 2.75) is 33.4 Å². The lowest BCUT2D eigenvalue weighted by atomic mass is 10.0.